The van der Waals surface area contributed by atoms with Crippen LogP contribution < -0.4 is 19.7 Å². The second-order valence-corrected chi connectivity index (χ2v) is 8.40. The summed E-state index contributed by atoms with van der Waals surface area (Å²) in [7, 11) is -0.775. The molecule has 0 atom stereocenters. The first-order valence-corrected chi connectivity index (χ1v) is 10.5. The van der Waals surface area contributed by atoms with Crippen LogP contribution in [0.4, 0.5) is 5.69 Å². The van der Waals surface area contributed by atoms with Crippen LogP contribution in [0.5, 0.6) is 11.5 Å². The zero-order valence-electron chi connectivity index (χ0n) is 16.7. The maximum absolute atomic E-state index is 13.3. The minimum atomic E-state index is -3.78. The number of fused-ring (bicyclic) bond motifs is 1. The van der Waals surface area contributed by atoms with Crippen molar-refractivity contribution in [1.29, 1.82) is 0 Å². The molecule has 0 aliphatic carbocycles. The van der Waals surface area contributed by atoms with Gasteiger partial charge in [-0.25, -0.2) is 12.4 Å². The average Bonchev–Trinajstić information content (AvgIpc) is 3.19. The van der Waals surface area contributed by atoms with Crippen molar-refractivity contribution in [2.24, 2.45) is 0 Å². The van der Waals surface area contributed by atoms with Crippen molar-refractivity contribution < 1.29 is 17.9 Å². The van der Waals surface area contributed by atoms with E-state index in [2.05, 4.69) is 10.2 Å². The molecule has 1 N–H and O–H groups in total. The van der Waals surface area contributed by atoms with Crippen molar-refractivity contribution in [2.45, 2.75) is 4.90 Å². The molecule has 164 valence electrons. The van der Waals surface area contributed by atoms with E-state index in [-0.39, 0.29) is 29.7 Å². The van der Waals surface area contributed by atoms with Gasteiger partial charge in [-0.3, -0.25) is 0 Å². The van der Waals surface area contributed by atoms with Crippen LogP contribution in [0.25, 0.3) is 10.9 Å². The summed E-state index contributed by atoms with van der Waals surface area (Å²) >= 11 is 0. The number of hydrogen-bond acceptors (Lipinski definition) is 6. The predicted octanol–water partition coefficient (Wildman–Crippen LogP) is 3.15. The molecule has 0 radical (unpaired) electrons. The number of aromatic nitrogens is 1. The molecule has 2 aromatic carbocycles. The van der Waals surface area contributed by atoms with Crippen LogP contribution >= 0.6 is 24.8 Å². The van der Waals surface area contributed by atoms with Gasteiger partial charge in [0.05, 0.1) is 24.6 Å². The summed E-state index contributed by atoms with van der Waals surface area (Å²) in [6.07, 6.45) is 1.61. The van der Waals surface area contributed by atoms with Gasteiger partial charge in [-0.15, -0.1) is 24.8 Å². The molecule has 30 heavy (non-hydrogen) atoms. The molecule has 1 saturated heterocycles. The molecular weight excluding hydrogens is 449 g/mol. The van der Waals surface area contributed by atoms with Gasteiger partial charge in [0.1, 0.15) is 0 Å². The monoisotopic (exact) mass is 473 g/mol. The van der Waals surface area contributed by atoms with Crippen molar-refractivity contribution in [2.75, 3.05) is 45.3 Å². The highest BCUT2D eigenvalue weighted by molar-refractivity contribution is 7.90. The van der Waals surface area contributed by atoms with Gasteiger partial charge in [0, 0.05) is 49.5 Å². The van der Waals surface area contributed by atoms with Gasteiger partial charge in [0.2, 0.25) is 0 Å². The number of ether oxygens (including phenoxy) is 2. The number of nitrogens with zero attached hydrogens (tertiary/aromatic N) is 2. The van der Waals surface area contributed by atoms with Crippen molar-refractivity contribution in [3.05, 3.63) is 48.7 Å². The fraction of sp³-hybridized carbons (Fsp3) is 0.300. The molecule has 1 aliphatic heterocycles. The summed E-state index contributed by atoms with van der Waals surface area (Å²) in [5.41, 5.74) is 1.71. The Labute approximate surface area is 188 Å². The highest BCUT2D eigenvalue weighted by atomic mass is 35.5. The third kappa shape index (κ3) is 4.18. The van der Waals surface area contributed by atoms with Crippen molar-refractivity contribution in [3.8, 4) is 11.5 Å². The van der Waals surface area contributed by atoms with E-state index in [0.717, 1.165) is 37.3 Å². The molecule has 4 rings (SSSR count). The Kier molecular flexibility index (Phi) is 7.87. The second kappa shape index (κ2) is 9.78. The van der Waals surface area contributed by atoms with Crippen LogP contribution in [0.1, 0.15) is 0 Å². The lowest BCUT2D eigenvalue weighted by atomic mass is 10.2. The summed E-state index contributed by atoms with van der Waals surface area (Å²) in [4.78, 5) is 2.43. The van der Waals surface area contributed by atoms with E-state index in [0.29, 0.717) is 17.0 Å². The van der Waals surface area contributed by atoms with Crippen LogP contribution in [0.15, 0.2) is 53.6 Å². The molecule has 1 fully saturated rings. The lowest BCUT2D eigenvalue weighted by Crippen LogP contribution is -2.43. The van der Waals surface area contributed by atoms with Gasteiger partial charge in [-0.2, -0.15) is 0 Å². The summed E-state index contributed by atoms with van der Waals surface area (Å²) in [5.74, 6) is 0.862. The Morgan fingerprint density at radius 2 is 1.63 bits per heavy atom. The maximum Gasteiger partial charge on any atom is 0.268 e. The summed E-state index contributed by atoms with van der Waals surface area (Å²) < 4.78 is 38.4. The molecule has 0 spiro atoms. The molecule has 1 aromatic heterocycles. The van der Waals surface area contributed by atoms with Gasteiger partial charge < -0.3 is 19.7 Å². The fourth-order valence-corrected chi connectivity index (χ4v) is 4.97. The Bertz CT molecular complexity index is 1110. The number of anilines is 1. The fourth-order valence-electron chi connectivity index (χ4n) is 3.61. The largest absolute Gasteiger partial charge is 0.493 e. The highest BCUT2D eigenvalue weighted by Crippen LogP contribution is 2.33. The third-order valence-corrected chi connectivity index (χ3v) is 6.73. The number of rotatable bonds is 5. The average molecular weight is 474 g/mol. The van der Waals surface area contributed by atoms with E-state index < -0.39 is 10.0 Å². The predicted molar refractivity (Wildman–Crippen MR) is 124 cm³/mol. The molecule has 0 bridgehead atoms. The van der Waals surface area contributed by atoms with E-state index in [1.807, 2.05) is 24.3 Å². The molecular formula is C20H25Cl2N3O4S. The van der Waals surface area contributed by atoms with Gasteiger partial charge in [0.15, 0.2) is 11.5 Å². The Balaban J connectivity index is 0.00000160. The standard InChI is InChI=1S/C20H23N3O4S.2ClH/c1-26-19-7-6-15(14-20(19)27-2)28(24,25)23-11-8-16-17(4-3-5-18(16)23)22-12-9-21-10-13-22;;/h3-8,11,14,21H,9-10,12-13H2,1-2H3;2*1H. The smallest absolute Gasteiger partial charge is 0.268 e. The van der Waals surface area contributed by atoms with Crippen molar-refractivity contribution in [1.82, 2.24) is 9.29 Å². The van der Waals surface area contributed by atoms with Gasteiger partial charge >= 0.3 is 0 Å². The first-order chi connectivity index (χ1) is 13.6. The normalized spacial score (nSPS) is 14.0. The number of halogens is 2. The Morgan fingerprint density at radius 3 is 2.30 bits per heavy atom. The molecule has 0 amide bonds. The van der Waals surface area contributed by atoms with Crippen LogP contribution in [0, 0.1) is 0 Å². The van der Waals surface area contributed by atoms with Crippen molar-refractivity contribution in [3.63, 3.8) is 0 Å². The number of piperazine rings is 1. The number of methoxy groups -OCH3 is 2. The number of nitrogens with one attached hydrogen (secondary N) is 1. The summed E-state index contributed by atoms with van der Waals surface area (Å²) in [6.45, 7) is 3.63. The third-order valence-electron chi connectivity index (χ3n) is 5.04. The molecule has 2 heterocycles. The summed E-state index contributed by atoms with van der Waals surface area (Å²) in [5, 5.41) is 4.26. The van der Waals surface area contributed by atoms with E-state index >= 15 is 0 Å². The lowest BCUT2D eigenvalue weighted by Gasteiger charge is -2.30. The minimum absolute atomic E-state index is 0. The molecule has 3 aromatic rings. The van der Waals surface area contributed by atoms with Gasteiger partial charge in [-0.05, 0) is 30.3 Å². The van der Waals surface area contributed by atoms with E-state index in [4.69, 9.17) is 9.47 Å². The zero-order valence-corrected chi connectivity index (χ0v) is 19.1. The van der Waals surface area contributed by atoms with Crippen LogP contribution in [-0.4, -0.2) is 52.8 Å². The molecule has 0 unspecified atom stereocenters. The van der Waals surface area contributed by atoms with E-state index in [9.17, 15) is 8.42 Å². The maximum atomic E-state index is 13.3. The summed E-state index contributed by atoms with van der Waals surface area (Å²) in [6, 6.07) is 12.3. The quantitative estimate of drug-likeness (QED) is 0.613. The number of hydrogen-bond donors (Lipinski definition) is 1. The molecule has 7 nitrogen and oxygen atoms in total. The van der Waals surface area contributed by atoms with Gasteiger partial charge in [0.25, 0.3) is 10.0 Å². The van der Waals surface area contributed by atoms with Crippen LogP contribution in [0.2, 0.25) is 0 Å². The van der Waals surface area contributed by atoms with E-state index in [1.54, 1.807) is 12.3 Å². The highest BCUT2D eigenvalue weighted by Gasteiger charge is 2.23. The van der Waals surface area contributed by atoms with Gasteiger partial charge in [-0.1, -0.05) is 6.07 Å². The minimum Gasteiger partial charge on any atom is -0.493 e. The van der Waals surface area contributed by atoms with E-state index in [1.165, 1.54) is 30.3 Å². The first kappa shape index (κ1) is 24.1. The van der Waals surface area contributed by atoms with Crippen LogP contribution in [-0.2, 0) is 10.0 Å². The number of benzene rings is 2. The van der Waals surface area contributed by atoms with Crippen molar-refractivity contribution >= 4 is 51.4 Å². The zero-order chi connectivity index (χ0) is 19.7. The lowest BCUT2D eigenvalue weighted by molar-refractivity contribution is 0.354. The Morgan fingerprint density at radius 1 is 0.933 bits per heavy atom. The molecule has 1 aliphatic rings. The second-order valence-electron chi connectivity index (χ2n) is 6.58. The molecule has 10 heteroatoms. The topological polar surface area (TPSA) is 72.8 Å². The van der Waals surface area contributed by atoms with Crippen LogP contribution in [0.3, 0.4) is 0 Å². The Hall–Kier alpha value is -2.13. The SMILES string of the molecule is COc1ccc(S(=O)(=O)n2ccc3c(N4CCNCC4)cccc32)cc1OC.Cl.Cl. The first-order valence-electron chi connectivity index (χ1n) is 9.09. The molecule has 0 saturated carbocycles.